The maximum absolute atomic E-state index is 13.2. The Morgan fingerprint density at radius 2 is 1.94 bits per heavy atom. The molecule has 1 aliphatic heterocycles. The molecule has 2 heterocycles. The zero-order chi connectivity index (χ0) is 24.2. The molecule has 0 bridgehead atoms. The number of hydrogen-bond donors (Lipinski definition) is 4. The molecule has 1 fully saturated rings. The average molecular weight is 527 g/mol. The van der Waals surface area contributed by atoms with E-state index in [1.807, 2.05) is 24.3 Å². The summed E-state index contributed by atoms with van der Waals surface area (Å²) in [5.74, 6) is -0.738. The number of fused-ring (bicyclic) bond motifs is 1. The monoisotopic (exact) mass is 526 g/mol. The van der Waals surface area contributed by atoms with Crippen LogP contribution in [0, 0.1) is 10.1 Å². The first-order valence-electron chi connectivity index (χ1n) is 10.7. The first-order chi connectivity index (χ1) is 16.4. The number of nitro benzene ring substituents is 1. The fourth-order valence-corrected chi connectivity index (χ4v) is 4.56. The highest BCUT2D eigenvalue weighted by atomic mass is 79.9. The Morgan fingerprint density at radius 1 is 1.15 bits per heavy atom. The zero-order valence-corrected chi connectivity index (χ0v) is 19.9. The van der Waals surface area contributed by atoms with E-state index in [-0.39, 0.29) is 28.9 Å². The number of halogens is 1. The van der Waals surface area contributed by atoms with Crippen LogP contribution in [-0.2, 0) is 0 Å². The Labute approximate surface area is 203 Å². The second-order valence-electron chi connectivity index (χ2n) is 7.92. The molecule has 0 unspecified atom stereocenters. The second-order valence-corrected chi connectivity index (χ2v) is 8.83. The van der Waals surface area contributed by atoms with E-state index in [2.05, 4.69) is 42.2 Å². The molecule has 34 heavy (non-hydrogen) atoms. The molecule has 0 spiro atoms. The Bertz CT molecular complexity index is 1260. The molecule has 4 N–H and O–H groups in total. The first-order valence-corrected chi connectivity index (χ1v) is 11.5. The van der Waals surface area contributed by atoms with Crippen molar-refractivity contribution in [2.24, 2.45) is 0 Å². The lowest BCUT2D eigenvalue weighted by Gasteiger charge is -2.34. The molecule has 1 aromatic heterocycles. The molecular weight excluding hydrogens is 504 g/mol. The number of hydrogen-bond acceptors (Lipinski definition) is 7. The van der Waals surface area contributed by atoms with Crippen LogP contribution in [0.15, 0.2) is 53.3 Å². The molecule has 3 aromatic rings. The van der Waals surface area contributed by atoms with Gasteiger partial charge in [0.15, 0.2) is 0 Å². The molecule has 11 heteroatoms. The largest absolute Gasteiger partial charge is 0.373 e. The van der Waals surface area contributed by atoms with E-state index in [0.717, 1.165) is 10.8 Å². The predicted octanol–water partition coefficient (Wildman–Crippen LogP) is 2.84. The Hall–Kier alpha value is -3.57. The number of benzene rings is 2. The van der Waals surface area contributed by atoms with Crippen LogP contribution in [0.3, 0.4) is 0 Å². The van der Waals surface area contributed by atoms with Gasteiger partial charge in [0.05, 0.1) is 28.1 Å². The second kappa shape index (κ2) is 10.1. The fourth-order valence-electron chi connectivity index (χ4n) is 4.11. The molecule has 176 valence electrons. The molecule has 2 aromatic carbocycles. The van der Waals surface area contributed by atoms with Crippen LogP contribution in [-0.4, -0.2) is 53.9 Å². The van der Waals surface area contributed by atoms with Crippen LogP contribution in [0.25, 0.3) is 10.8 Å². The van der Waals surface area contributed by atoms with Crippen LogP contribution in [0.1, 0.15) is 27.1 Å². The zero-order valence-electron chi connectivity index (χ0n) is 18.3. The lowest BCUT2D eigenvalue weighted by molar-refractivity contribution is -0.384. The summed E-state index contributed by atoms with van der Waals surface area (Å²) >= 11 is 3.24. The summed E-state index contributed by atoms with van der Waals surface area (Å²) in [4.78, 5) is 41.1. The molecule has 2 atom stereocenters. The van der Waals surface area contributed by atoms with Crippen molar-refractivity contribution in [1.82, 2.24) is 20.9 Å². The lowest BCUT2D eigenvalue weighted by atomic mass is 9.98. The predicted molar refractivity (Wildman–Crippen MR) is 132 cm³/mol. The Balaban J connectivity index is 1.64. The van der Waals surface area contributed by atoms with Gasteiger partial charge in [-0.25, -0.2) is 0 Å². The molecule has 1 saturated heterocycles. The van der Waals surface area contributed by atoms with Gasteiger partial charge in [0.1, 0.15) is 5.69 Å². The molecule has 0 saturated carbocycles. The number of carbonyl (C=O) groups excluding carboxylic acids is 2. The van der Waals surface area contributed by atoms with E-state index >= 15 is 0 Å². The van der Waals surface area contributed by atoms with E-state index < -0.39 is 16.9 Å². The third-order valence-corrected chi connectivity index (χ3v) is 6.25. The minimum Gasteiger partial charge on any atom is -0.373 e. The van der Waals surface area contributed by atoms with Crippen molar-refractivity contribution in [3.63, 3.8) is 0 Å². The normalized spacial score (nSPS) is 17.7. The number of rotatable bonds is 6. The van der Waals surface area contributed by atoms with Crippen molar-refractivity contribution in [1.29, 1.82) is 0 Å². The van der Waals surface area contributed by atoms with Crippen LogP contribution in [0.4, 0.5) is 11.4 Å². The SMILES string of the molecule is CNC(=O)c1cc(Br)cc([N+](=O)[O-])c1N[C@@H]1CNCC[C@@H]1NC(=O)c1cncc2ccccc12. The number of anilines is 1. The van der Waals surface area contributed by atoms with Crippen molar-refractivity contribution < 1.29 is 14.5 Å². The summed E-state index contributed by atoms with van der Waals surface area (Å²) < 4.78 is 0.415. The number of nitro groups is 1. The van der Waals surface area contributed by atoms with E-state index in [4.69, 9.17) is 0 Å². The maximum atomic E-state index is 13.2. The number of pyridine rings is 1. The van der Waals surface area contributed by atoms with E-state index in [9.17, 15) is 19.7 Å². The van der Waals surface area contributed by atoms with Crippen molar-refractivity contribution in [3.8, 4) is 0 Å². The standard InChI is InChI=1S/C23H23BrN6O4/c1-25-22(31)16-8-14(24)9-20(30(33)34)21(16)28-19-12-26-7-6-18(19)29-23(32)17-11-27-10-13-4-2-3-5-15(13)17/h2-5,8-11,18-19,26,28H,6-7,12H2,1H3,(H,25,31)(H,29,32)/t18-,19+/m0/s1. The third kappa shape index (κ3) is 4.85. The van der Waals surface area contributed by atoms with Crippen LogP contribution >= 0.6 is 15.9 Å². The van der Waals surface area contributed by atoms with Gasteiger partial charge in [-0.05, 0) is 24.4 Å². The number of piperidine rings is 1. The summed E-state index contributed by atoms with van der Waals surface area (Å²) in [6, 6.07) is 9.64. The number of aromatic nitrogens is 1. The van der Waals surface area contributed by atoms with Gasteiger partial charge < -0.3 is 21.3 Å². The summed E-state index contributed by atoms with van der Waals surface area (Å²) in [5.41, 5.74) is 0.461. The molecule has 10 nitrogen and oxygen atoms in total. The summed E-state index contributed by atoms with van der Waals surface area (Å²) in [7, 11) is 1.46. The fraction of sp³-hybridized carbons (Fsp3) is 0.261. The Kier molecular flexibility index (Phi) is 7.03. The maximum Gasteiger partial charge on any atom is 0.294 e. The summed E-state index contributed by atoms with van der Waals surface area (Å²) in [6.45, 7) is 1.11. The smallest absolute Gasteiger partial charge is 0.294 e. The van der Waals surface area contributed by atoms with Crippen molar-refractivity contribution in [3.05, 3.63) is 74.5 Å². The number of nitrogens with one attached hydrogen (secondary N) is 4. The quantitative estimate of drug-likeness (QED) is 0.286. The third-order valence-electron chi connectivity index (χ3n) is 5.79. The number of carbonyl (C=O) groups is 2. The lowest BCUT2D eigenvalue weighted by Crippen LogP contribution is -2.56. The van der Waals surface area contributed by atoms with Gasteiger partial charge in [0, 0.05) is 41.9 Å². The highest BCUT2D eigenvalue weighted by Crippen LogP contribution is 2.33. The highest BCUT2D eigenvalue weighted by molar-refractivity contribution is 9.10. The molecule has 2 amide bonds. The van der Waals surface area contributed by atoms with Crippen LogP contribution in [0.2, 0.25) is 0 Å². The van der Waals surface area contributed by atoms with Gasteiger partial charge in [-0.1, -0.05) is 40.2 Å². The topological polar surface area (TPSA) is 138 Å². The highest BCUT2D eigenvalue weighted by Gasteiger charge is 2.31. The molecule has 0 radical (unpaired) electrons. The van der Waals surface area contributed by atoms with Crippen LogP contribution in [0.5, 0.6) is 0 Å². The van der Waals surface area contributed by atoms with E-state index in [0.29, 0.717) is 29.5 Å². The molecule has 1 aliphatic rings. The van der Waals surface area contributed by atoms with Gasteiger partial charge in [0.2, 0.25) is 0 Å². The number of nitrogens with zero attached hydrogens (tertiary/aromatic N) is 2. The molecular formula is C23H23BrN6O4. The molecule has 0 aliphatic carbocycles. The van der Waals surface area contributed by atoms with Gasteiger partial charge in [-0.3, -0.25) is 24.7 Å². The van der Waals surface area contributed by atoms with Crippen LogP contribution < -0.4 is 21.3 Å². The Morgan fingerprint density at radius 3 is 2.71 bits per heavy atom. The first kappa shape index (κ1) is 23.6. The minimum absolute atomic E-state index is 0.104. The van der Waals surface area contributed by atoms with Gasteiger partial charge >= 0.3 is 0 Å². The van der Waals surface area contributed by atoms with E-state index in [1.54, 1.807) is 6.20 Å². The molecule has 4 rings (SSSR count). The van der Waals surface area contributed by atoms with Gasteiger partial charge in [-0.2, -0.15) is 0 Å². The van der Waals surface area contributed by atoms with Gasteiger partial charge in [0.25, 0.3) is 17.5 Å². The summed E-state index contributed by atoms with van der Waals surface area (Å²) in [6.07, 6.45) is 3.83. The van der Waals surface area contributed by atoms with Crippen molar-refractivity contribution >= 4 is 49.9 Å². The number of amides is 2. The van der Waals surface area contributed by atoms with E-state index in [1.165, 1.54) is 25.4 Å². The minimum atomic E-state index is -0.537. The van der Waals surface area contributed by atoms with Crippen molar-refractivity contribution in [2.75, 3.05) is 25.5 Å². The average Bonchev–Trinajstić information content (AvgIpc) is 2.84. The summed E-state index contributed by atoms with van der Waals surface area (Å²) in [5, 5.41) is 25.4. The van der Waals surface area contributed by atoms with Crippen molar-refractivity contribution in [2.45, 2.75) is 18.5 Å². The van der Waals surface area contributed by atoms with Gasteiger partial charge in [-0.15, -0.1) is 0 Å².